The van der Waals surface area contributed by atoms with Gasteiger partial charge in [0.05, 0.1) is 6.61 Å². The van der Waals surface area contributed by atoms with Gasteiger partial charge in [0.2, 0.25) is 5.91 Å². The van der Waals surface area contributed by atoms with Gasteiger partial charge in [-0.15, -0.1) is 0 Å². The molecule has 0 saturated carbocycles. The first-order valence-electron chi connectivity index (χ1n) is 4.43. The van der Waals surface area contributed by atoms with E-state index < -0.39 is 18.6 Å². The van der Waals surface area contributed by atoms with Crippen LogP contribution >= 0.6 is 0 Å². The number of hydrogen-bond donors (Lipinski definition) is 3. The van der Waals surface area contributed by atoms with Crippen LogP contribution in [-0.2, 0) is 9.59 Å². The Morgan fingerprint density at radius 2 is 2.36 bits per heavy atom. The number of carboxylic acid groups (broad SMARTS) is 1. The molecule has 4 N–H and O–H groups in total. The van der Waals surface area contributed by atoms with E-state index in [4.69, 9.17) is 15.9 Å². The van der Waals surface area contributed by atoms with Gasteiger partial charge >= 0.3 is 5.97 Å². The second-order valence-electron chi connectivity index (χ2n) is 3.39. The van der Waals surface area contributed by atoms with Gasteiger partial charge in [-0.1, -0.05) is 0 Å². The first-order valence-corrected chi connectivity index (χ1v) is 4.43. The third kappa shape index (κ3) is 2.02. The lowest BCUT2D eigenvalue weighted by molar-refractivity contribution is -0.150. The van der Waals surface area contributed by atoms with Gasteiger partial charge in [-0.25, -0.2) is 4.79 Å². The summed E-state index contributed by atoms with van der Waals surface area (Å²) in [7, 11) is 0. The molecule has 6 heteroatoms. The van der Waals surface area contributed by atoms with E-state index in [1.807, 2.05) is 0 Å². The van der Waals surface area contributed by atoms with Crippen LogP contribution in [0, 0.1) is 5.92 Å². The summed E-state index contributed by atoms with van der Waals surface area (Å²) in [6, 6.07) is -1.13. The Morgan fingerprint density at radius 3 is 2.71 bits per heavy atom. The van der Waals surface area contributed by atoms with Crippen LogP contribution in [0.1, 0.15) is 6.42 Å². The molecule has 1 fully saturated rings. The third-order valence-corrected chi connectivity index (χ3v) is 2.41. The summed E-state index contributed by atoms with van der Waals surface area (Å²) >= 11 is 0. The molecule has 0 aromatic carbocycles. The highest BCUT2D eigenvalue weighted by Gasteiger charge is 2.36. The Bertz CT molecular complexity index is 243. The molecule has 0 bridgehead atoms. The van der Waals surface area contributed by atoms with Crippen LogP contribution in [0.2, 0.25) is 0 Å². The van der Waals surface area contributed by atoms with Crippen molar-refractivity contribution in [2.75, 3.05) is 19.7 Å². The van der Waals surface area contributed by atoms with Gasteiger partial charge in [0.15, 0.2) is 6.04 Å². The molecule has 0 aliphatic carbocycles. The SMILES string of the molecule is NCC1CC(=O)N([C@H](CO)C(=O)O)C1. The molecule has 6 nitrogen and oxygen atoms in total. The van der Waals surface area contributed by atoms with E-state index in [1.54, 1.807) is 0 Å². The van der Waals surface area contributed by atoms with E-state index in [1.165, 1.54) is 4.90 Å². The number of carbonyl (C=O) groups is 2. The molecule has 2 atom stereocenters. The molecule has 0 radical (unpaired) electrons. The van der Waals surface area contributed by atoms with Crippen molar-refractivity contribution in [1.82, 2.24) is 4.90 Å². The van der Waals surface area contributed by atoms with Crippen molar-refractivity contribution in [1.29, 1.82) is 0 Å². The average Bonchev–Trinajstić information content (AvgIpc) is 2.48. The van der Waals surface area contributed by atoms with Crippen molar-refractivity contribution < 1.29 is 19.8 Å². The monoisotopic (exact) mass is 202 g/mol. The second-order valence-corrected chi connectivity index (χ2v) is 3.39. The van der Waals surface area contributed by atoms with Crippen molar-refractivity contribution in [2.24, 2.45) is 11.7 Å². The van der Waals surface area contributed by atoms with Crippen LogP contribution in [0.25, 0.3) is 0 Å². The van der Waals surface area contributed by atoms with Gasteiger partial charge in [0.25, 0.3) is 0 Å². The van der Waals surface area contributed by atoms with E-state index in [0.717, 1.165) is 0 Å². The molecule has 1 saturated heterocycles. The summed E-state index contributed by atoms with van der Waals surface area (Å²) in [6.07, 6.45) is 0.278. The number of nitrogens with zero attached hydrogens (tertiary/aromatic N) is 1. The molecule has 1 amide bonds. The quantitative estimate of drug-likeness (QED) is 0.501. The number of aliphatic hydroxyl groups is 1. The van der Waals surface area contributed by atoms with Crippen molar-refractivity contribution >= 4 is 11.9 Å². The van der Waals surface area contributed by atoms with Gasteiger partial charge < -0.3 is 20.8 Å². The number of amides is 1. The molecule has 1 heterocycles. The zero-order valence-electron chi connectivity index (χ0n) is 7.72. The molecule has 1 unspecified atom stereocenters. The molecule has 1 rings (SSSR count). The van der Waals surface area contributed by atoms with E-state index >= 15 is 0 Å². The maximum Gasteiger partial charge on any atom is 0.328 e. The van der Waals surface area contributed by atoms with Crippen molar-refractivity contribution in [3.63, 3.8) is 0 Å². The number of nitrogens with two attached hydrogens (primary N) is 1. The Kier molecular flexibility index (Phi) is 3.43. The fraction of sp³-hybridized carbons (Fsp3) is 0.750. The van der Waals surface area contributed by atoms with Crippen LogP contribution in [-0.4, -0.2) is 52.7 Å². The summed E-state index contributed by atoms with van der Waals surface area (Å²) in [5.74, 6) is -1.42. The summed E-state index contributed by atoms with van der Waals surface area (Å²) in [4.78, 5) is 23.2. The number of rotatable bonds is 4. The molecule has 1 aliphatic heterocycles. The fourth-order valence-electron chi connectivity index (χ4n) is 1.58. The Balaban J connectivity index is 2.68. The highest BCUT2D eigenvalue weighted by atomic mass is 16.4. The van der Waals surface area contributed by atoms with E-state index in [9.17, 15) is 9.59 Å². The van der Waals surface area contributed by atoms with Crippen LogP contribution in [0.15, 0.2) is 0 Å². The first-order chi connectivity index (χ1) is 6.60. The predicted molar refractivity (Wildman–Crippen MR) is 47.4 cm³/mol. The van der Waals surface area contributed by atoms with Crippen LogP contribution < -0.4 is 5.73 Å². The van der Waals surface area contributed by atoms with E-state index in [2.05, 4.69) is 0 Å². The molecule has 14 heavy (non-hydrogen) atoms. The number of aliphatic carboxylic acids is 1. The third-order valence-electron chi connectivity index (χ3n) is 2.41. The summed E-state index contributed by atoms with van der Waals surface area (Å²) in [5, 5.41) is 17.6. The lowest BCUT2D eigenvalue weighted by Crippen LogP contribution is -2.44. The zero-order valence-corrected chi connectivity index (χ0v) is 7.72. The van der Waals surface area contributed by atoms with E-state index in [0.29, 0.717) is 13.1 Å². The summed E-state index contributed by atoms with van der Waals surface area (Å²) in [5.41, 5.74) is 5.39. The van der Waals surface area contributed by atoms with Gasteiger partial charge in [0.1, 0.15) is 0 Å². The van der Waals surface area contributed by atoms with Gasteiger partial charge in [0, 0.05) is 13.0 Å². The molecule has 1 aliphatic rings. The van der Waals surface area contributed by atoms with Gasteiger partial charge in [-0.2, -0.15) is 0 Å². The fourth-order valence-corrected chi connectivity index (χ4v) is 1.58. The zero-order chi connectivity index (χ0) is 10.7. The molecular weight excluding hydrogens is 188 g/mol. The van der Waals surface area contributed by atoms with Crippen molar-refractivity contribution in [3.8, 4) is 0 Å². The number of aliphatic hydroxyl groups excluding tert-OH is 1. The largest absolute Gasteiger partial charge is 0.480 e. The standard InChI is InChI=1S/C8H14N2O4/c9-2-5-1-7(12)10(3-5)6(4-11)8(13)14/h5-6,11H,1-4,9H2,(H,13,14)/t5?,6-/m1/s1. The van der Waals surface area contributed by atoms with Crippen LogP contribution in [0.3, 0.4) is 0 Å². The number of carbonyl (C=O) groups excluding carboxylic acids is 1. The minimum absolute atomic E-state index is 0.0101. The van der Waals surface area contributed by atoms with Crippen LogP contribution in [0.4, 0.5) is 0 Å². The predicted octanol–water partition coefficient (Wildman–Crippen LogP) is -1.76. The van der Waals surface area contributed by atoms with E-state index in [-0.39, 0.29) is 18.2 Å². The topological polar surface area (TPSA) is 104 Å². The second kappa shape index (κ2) is 4.39. The summed E-state index contributed by atoms with van der Waals surface area (Å²) < 4.78 is 0. The Labute approximate surface area is 81.3 Å². The normalized spacial score (nSPS) is 24.0. The van der Waals surface area contributed by atoms with Gasteiger partial charge in [-0.05, 0) is 12.5 Å². The highest BCUT2D eigenvalue weighted by molar-refractivity contribution is 5.85. The Morgan fingerprint density at radius 1 is 1.71 bits per heavy atom. The van der Waals surface area contributed by atoms with Crippen molar-refractivity contribution in [3.05, 3.63) is 0 Å². The molecule has 0 aromatic rings. The molecular formula is C8H14N2O4. The first kappa shape index (κ1) is 10.9. The lowest BCUT2D eigenvalue weighted by Gasteiger charge is -2.22. The minimum Gasteiger partial charge on any atom is -0.480 e. The maximum atomic E-state index is 11.3. The summed E-state index contributed by atoms with van der Waals surface area (Å²) in [6.45, 7) is 0.130. The average molecular weight is 202 g/mol. The number of hydrogen-bond acceptors (Lipinski definition) is 4. The van der Waals surface area contributed by atoms with Crippen LogP contribution in [0.5, 0.6) is 0 Å². The molecule has 0 aromatic heterocycles. The molecule has 0 spiro atoms. The minimum atomic E-state index is -1.18. The number of likely N-dealkylation sites (tertiary alicyclic amines) is 1. The smallest absolute Gasteiger partial charge is 0.328 e. The van der Waals surface area contributed by atoms with Gasteiger partial charge in [-0.3, -0.25) is 4.79 Å². The Hall–Kier alpha value is -1.14. The lowest BCUT2D eigenvalue weighted by atomic mass is 10.1. The number of carboxylic acids is 1. The van der Waals surface area contributed by atoms with Crippen molar-refractivity contribution in [2.45, 2.75) is 12.5 Å². The maximum absolute atomic E-state index is 11.3. The highest BCUT2D eigenvalue weighted by Crippen LogP contribution is 2.19. The molecule has 80 valence electrons.